The molecule has 1 fully saturated rings. The molecule has 8 heteroatoms. The van der Waals surface area contributed by atoms with Gasteiger partial charge in [-0.3, -0.25) is 19.1 Å². The van der Waals surface area contributed by atoms with E-state index in [0.29, 0.717) is 23.4 Å². The van der Waals surface area contributed by atoms with Gasteiger partial charge in [0.1, 0.15) is 0 Å². The van der Waals surface area contributed by atoms with Crippen molar-refractivity contribution in [3.8, 4) is 5.69 Å². The summed E-state index contributed by atoms with van der Waals surface area (Å²) in [6.07, 6.45) is 3.56. The van der Waals surface area contributed by atoms with E-state index in [0.717, 1.165) is 42.7 Å². The van der Waals surface area contributed by atoms with E-state index in [1.165, 1.54) is 23.1 Å². The molecule has 1 saturated heterocycles. The smallest absolute Gasteiger partial charge is 0.261 e. The Labute approximate surface area is 185 Å². The van der Waals surface area contributed by atoms with E-state index in [4.69, 9.17) is 0 Å². The summed E-state index contributed by atoms with van der Waals surface area (Å²) in [7, 11) is 0. The molecular formula is C23H23N5O2S. The van der Waals surface area contributed by atoms with Crippen LogP contribution in [0, 0.1) is 0 Å². The molecule has 3 aromatic rings. The normalized spacial score (nSPS) is 16.1. The SMILES string of the molecule is O=C1c2ccccc2C(=O)N1CCSc1nnc(N2CCCCC2)n1-c1ccccc1. The molecule has 0 N–H and O–H groups in total. The lowest BCUT2D eigenvalue weighted by molar-refractivity contribution is 0.0664. The fraction of sp³-hybridized carbons (Fsp3) is 0.304. The standard InChI is InChI=1S/C23H23N5O2S/c29-20-18-11-5-6-12-19(18)21(30)27(20)15-16-31-23-25-24-22(26-13-7-2-8-14-26)28(23)17-9-3-1-4-10-17/h1,3-6,9-12H,2,7-8,13-16H2. The number of carbonyl (C=O) groups is 2. The van der Waals surface area contributed by atoms with Gasteiger partial charge in [-0.15, -0.1) is 10.2 Å². The number of thioether (sulfide) groups is 1. The highest BCUT2D eigenvalue weighted by molar-refractivity contribution is 7.99. The number of nitrogens with zero attached hydrogens (tertiary/aromatic N) is 5. The van der Waals surface area contributed by atoms with Gasteiger partial charge in [-0.2, -0.15) is 0 Å². The summed E-state index contributed by atoms with van der Waals surface area (Å²) in [6, 6.07) is 17.1. The number of hydrogen-bond acceptors (Lipinski definition) is 6. The number of fused-ring (bicyclic) bond motifs is 1. The first-order valence-corrected chi connectivity index (χ1v) is 11.6. The third-order valence-electron chi connectivity index (χ3n) is 5.69. The van der Waals surface area contributed by atoms with Crippen molar-refractivity contribution in [2.45, 2.75) is 24.4 Å². The molecule has 7 nitrogen and oxygen atoms in total. The number of imide groups is 1. The largest absolute Gasteiger partial charge is 0.341 e. The molecule has 0 radical (unpaired) electrons. The van der Waals surface area contributed by atoms with Crippen molar-refractivity contribution < 1.29 is 9.59 Å². The Morgan fingerprint density at radius 2 is 1.45 bits per heavy atom. The van der Waals surface area contributed by atoms with Crippen molar-refractivity contribution in [2.75, 3.05) is 30.3 Å². The monoisotopic (exact) mass is 433 g/mol. The van der Waals surface area contributed by atoms with Crippen LogP contribution in [0.25, 0.3) is 5.69 Å². The second-order valence-corrected chi connectivity index (χ2v) is 8.72. The van der Waals surface area contributed by atoms with Gasteiger partial charge in [0.2, 0.25) is 5.95 Å². The van der Waals surface area contributed by atoms with E-state index >= 15 is 0 Å². The summed E-state index contributed by atoms with van der Waals surface area (Å²) in [6.45, 7) is 2.28. The Bertz CT molecular complexity index is 1070. The number of hydrogen-bond donors (Lipinski definition) is 0. The molecular weight excluding hydrogens is 410 g/mol. The molecule has 2 aliphatic heterocycles. The van der Waals surface area contributed by atoms with Crippen molar-refractivity contribution in [3.05, 3.63) is 65.7 Å². The Balaban J connectivity index is 1.35. The number of aromatic nitrogens is 3. The lowest BCUT2D eigenvalue weighted by Gasteiger charge is -2.27. The van der Waals surface area contributed by atoms with Gasteiger partial charge < -0.3 is 4.90 Å². The van der Waals surface area contributed by atoms with Crippen molar-refractivity contribution in [3.63, 3.8) is 0 Å². The maximum absolute atomic E-state index is 12.6. The zero-order valence-corrected chi connectivity index (χ0v) is 17.9. The molecule has 0 bridgehead atoms. The second-order valence-electron chi connectivity index (χ2n) is 7.66. The van der Waals surface area contributed by atoms with Crippen LogP contribution in [0.15, 0.2) is 59.8 Å². The van der Waals surface area contributed by atoms with Crippen LogP contribution in [0.5, 0.6) is 0 Å². The molecule has 1 aromatic heterocycles. The van der Waals surface area contributed by atoms with Gasteiger partial charge in [-0.1, -0.05) is 42.1 Å². The van der Waals surface area contributed by atoms with Crippen LogP contribution in [0.4, 0.5) is 5.95 Å². The Kier molecular flexibility index (Phi) is 5.46. The molecule has 3 heterocycles. The average Bonchev–Trinajstić information content (AvgIpc) is 3.35. The lowest BCUT2D eigenvalue weighted by atomic mass is 10.1. The van der Waals surface area contributed by atoms with Crippen LogP contribution in [-0.2, 0) is 0 Å². The highest BCUT2D eigenvalue weighted by Crippen LogP contribution is 2.29. The molecule has 0 spiro atoms. The minimum Gasteiger partial charge on any atom is -0.341 e. The third kappa shape index (κ3) is 3.72. The summed E-state index contributed by atoms with van der Waals surface area (Å²) in [5.74, 6) is 0.963. The van der Waals surface area contributed by atoms with Gasteiger partial charge in [0, 0.05) is 25.4 Å². The van der Waals surface area contributed by atoms with Gasteiger partial charge in [-0.25, -0.2) is 0 Å². The highest BCUT2D eigenvalue weighted by Gasteiger charge is 2.34. The first kappa shape index (κ1) is 19.8. The molecule has 0 saturated carbocycles. The summed E-state index contributed by atoms with van der Waals surface area (Å²) in [5, 5.41) is 9.72. The number of amides is 2. The fourth-order valence-electron chi connectivity index (χ4n) is 4.13. The summed E-state index contributed by atoms with van der Waals surface area (Å²) in [4.78, 5) is 28.8. The molecule has 0 atom stereocenters. The topological polar surface area (TPSA) is 71.3 Å². The van der Waals surface area contributed by atoms with E-state index in [2.05, 4.69) is 19.7 Å². The molecule has 0 unspecified atom stereocenters. The van der Waals surface area contributed by atoms with Gasteiger partial charge in [0.15, 0.2) is 5.16 Å². The van der Waals surface area contributed by atoms with Crippen LogP contribution in [0.2, 0.25) is 0 Å². The van der Waals surface area contributed by atoms with Crippen molar-refractivity contribution in [1.29, 1.82) is 0 Å². The van der Waals surface area contributed by atoms with Crippen LogP contribution in [0.3, 0.4) is 0 Å². The van der Waals surface area contributed by atoms with Gasteiger partial charge >= 0.3 is 0 Å². The maximum Gasteiger partial charge on any atom is 0.261 e. The summed E-state index contributed by atoms with van der Waals surface area (Å²) < 4.78 is 2.08. The van der Waals surface area contributed by atoms with Crippen LogP contribution in [-0.4, -0.2) is 56.9 Å². The first-order chi connectivity index (χ1) is 15.2. The van der Waals surface area contributed by atoms with E-state index in [9.17, 15) is 9.59 Å². The van der Waals surface area contributed by atoms with E-state index in [1.54, 1.807) is 24.3 Å². The number of rotatable bonds is 6. The molecule has 5 rings (SSSR count). The van der Waals surface area contributed by atoms with Crippen LogP contribution >= 0.6 is 11.8 Å². The molecule has 31 heavy (non-hydrogen) atoms. The minimum atomic E-state index is -0.222. The van der Waals surface area contributed by atoms with Crippen molar-refractivity contribution in [1.82, 2.24) is 19.7 Å². The van der Waals surface area contributed by atoms with Gasteiger partial charge in [0.05, 0.1) is 16.8 Å². The number of para-hydroxylation sites is 1. The average molecular weight is 434 g/mol. The van der Waals surface area contributed by atoms with E-state index < -0.39 is 0 Å². The summed E-state index contributed by atoms with van der Waals surface area (Å²) in [5.41, 5.74) is 1.98. The number of anilines is 1. The van der Waals surface area contributed by atoms with Crippen molar-refractivity contribution in [2.24, 2.45) is 0 Å². The quantitative estimate of drug-likeness (QED) is 0.437. The molecule has 0 aliphatic carbocycles. The maximum atomic E-state index is 12.6. The Morgan fingerprint density at radius 3 is 2.13 bits per heavy atom. The molecule has 2 amide bonds. The van der Waals surface area contributed by atoms with Crippen LogP contribution in [0.1, 0.15) is 40.0 Å². The minimum absolute atomic E-state index is 0.222. The Morgan fingerprint density at radius 1 is 0.806 bits per heavy atom. The number of piperidine rings is 1. The zero-order valence-electron chi connectivity index (χ0n) is 17.1. The Hall–Kier alpha value is -3.13. The molecule has 2 aromatic carbocycles. The molecule has 158 valence electrons. The zero-order chi connectivity index (χ0) is 21.2. The first-order valence-electron chi connectivity index (χ1n) is 10.6. The fourth-order valence-corrected chi connectivity index (χ4v) is 5.00. The van der Waals surface area contributed by atoms with Gasteiger partial charge in [0.25, 0.3) is 11.8 Å². The highest BCUT2D eigenvalue weighted by atomic mass is 32.2. The van der Waals surface area contributed by atoms with Gasteiger partial charge in [-0.05, 0) is 43.5 Å². The lowest BCUT2D eigenvalue weighted by Crippen LogP contribution is -2.32. The molecule has 2 aliphatic rings. The van der Waals surface area contributed by atoms with Crippen molar-refractivity contribution >= 4 is 29.5 Å². The van der Waals surface area contributed by atoms with E-state index in [1.807, 2.05) is 30.3 Å². The third-order valence-corrected chi connectivity index (χ3v) is 6.60. The van der Waals surface area contributed by atoms with Crippen LogP contribution < -0.4 is 4.90 Å². The predicted octanol–water partition coefficient (Wildman–Crippen LogP) is 3.65. The number of benzene rings is 2. The number of carbonyl (C=O) groups excluding carboxylic acids is 2. The second kappa shape index (κ2) is 8.55. The van der Waals surface area contributed by atoms with E-state index in [-0.39, 0.29) is 11.8 Å². The predicted molar refractivity (Wildman–Crippen MR) is 120 cm³/mol. The summed E-state index contributed by atoms with van der Waals surface area (Å²) >= 11 is 1.51.